The Kier molecular flexibility index (Phi) is 9.17. The number of pyridine rings is 2. The van der Waals surface area contributed by atoms with E-state index in [0.717, 1.165) is 18.0 Å². The third-order valence-corrected chi connectivity index (χ3v) is 4.97. The zero-order valence-electron chi connectivity index (χ0n) is 19.2. The second-order valence-electron chi connectivity index (χ2n) is 7.74. The highest BCUT2D eigenvalue weighted by Crippen LogP contribution is 2.32. The van der Waals surface area contributed by atoms with Crippen molar-refractivity contribution in [2.45, 2.75) is 45.0 Å². The molecule has 0 aliphatic rings. The SMILES string of the molecule is Cc1[nH]cc(C(O)C(F)(F)F)c(=O)c1O.Cc1[nH]cc(C(O)C(F)(F)F)c(=O)c1OCc1ccccc1. The highest BCUT2D eigenvalue weighted by atomic mass is 19.4. The first-order chi connectivity index (χ1) is 17.1. The van der Waals surface area contributed by atoms with Crippen LogP contribution in [0.3, 0.4) is 0 Å². The summed E-state index contributed by atoms with van der Waals surface area (Å²) in [7, 11) is 0. The number of aliphatic hydroxyl groups excluding tert-OH is 2. The molecule has 2 unspecified atom stereocenters. The van der Waals surface area contributed by atoms with Crippen LogP contribution in [0.2, 0.25) is 0 Å². The van der Waals surface area contributed by atoms with E-state index in [1.165, 1.54) is 13.8 Å². The lowest BCUT2D eigenvalue weighted by Gasteiger charge is -2.16. The van der Waals surface area contributed by atoms with E-state index < -0.39 is 52.3 Å². The fourth-order valence-corrected chi connectivity index (χ4v) is 2.91. The van der Waals surface area contributed by atoms with Gasteiger partial charge in [-0.1, -0.05) is 30.3 Å². The summed E-state index contributed by atoms with van der Waals surface area (Å²) in [6.45, 7) is 2.86. The summed E-state index contributed by atoms with van der Waals surface area (Å²) in [6.07, 6.45) is -14.0. The molecule has 0 aliphatic heterocycles. The molecule has 0 saturated carbocycles. The number of aromatic nitrogens is 2. The number of hydrogen-bond acceptors (Lipinski definition) is 6. The first-order valence-electron chi connectivity index (χ1n) is 10.3. The number of rotatable bonds is 5. The number of hydrogen-bond donors (Lipinski definition) is 5. The van der Waals surface area contributed by atoms with Crippen molar-refractivity contribution in [1.29, 1.82) is 0 Å². The van der Waals surface area contributed by atoms with Crippen LogP contribution in [0.4, 0.5) is 26.3 Å². The molecule has 0 radical (unpaired) electrons. The van der Waals surface area contributed by atoms with Crippen molar-refractivity contribution in [3.8, 4) is 11.5 Å². The number of H-pyrrole nitrogens is 2. The minimum absolute atomic E-state index is 0.0380. The highest BCUT2D eigenvalue weighted by molar-refractivity contribution is 5.33. The average Bonchev–Trinajstić information content (AvgIpc) is 2.82. The van der Waals surface area contributed by atoms with Crippen molar-refractivity contribution in [2.24, 2.45) is 0 Å². The van der Waals surface area contributed by atoms with Gasteiger partial charge in [0.25, 0.3) is 0 Å². The molecule has 8 nitrogen and oxygen atoms in total. The van der Waals surface area contributed by atoms with Gasteiger partial charge in [0.2, 0.25) is 10.9 Å². The lowest BCUT2D eigenvalue weighted by atomic mass is 10.1. The molecule has 3 rings (SSSR count). The van der Waals surface area contributed by atoms with Crippen molar-refractivity contribution in [2.75, 3.05) is 0 Å². The van der Waals surface area contributed by atoms with Crippen molar-refractivity contribution >= 4 is 0 Å². The second-order valence-corrected chi connectivity index (χ2v) is 7.74. The molecular weight excluding hydrogens is 514 g/mol. The van der Waals surface area contributed by atoms with Crippen LogP contribution < -0.4 is 15.6 Å². The summed E-state index contributed by atoms with van der Waals surface area (Å²) in [4.78, 5) is 28.0. The summed E-state index contributed by atoms with van der Waals surface area (Å²) in [6, 6.07) is 8.89. The van der Waals surface area contributed by atoms with Gasteiger partial charge in [0, 0.05) is 12.4 Å². The van der Waals surface area contributed by atoms with Crippen LogP contribution in [0.25, 0.3) is 0 Å². The molecule has 1 aromatic carbocycles. The Hall–Kier alpha value is -3.78. The number of aliphatic hydroxyl groups is 2. The fraction of sp³-hybridized carbons (Fsp3) is 0.304. The Bertz CT molecular complexity index is 1320. The number of aromatic amines is 2. The molecule has 2 atom stereocenters. The fourth-order valence-electron chi connectivity index (χ4n) is 2.91. The Morgan fingerprint density at radius 2 is 1.27 bits per heavy atom. The van der Waals surface area contributed by atoms with Crippen LogP contribution in [-0.4, -0.2) is 37.6 Å². The number of aryl methyl sites for hydroxylation is 2. The molecule has 0 fully saturated rings. The van der Waals surface area contributed by atoms with Crippen LogP contribution >= 0.6 is 0 Å². The van der Waals surface area contributed by atoms with Gasteiger partial charge < -0.3 is 30.0 Å². The van der Waals surface area contributed by atoms with Crippen LogP contribution in [0, 0.1) is 13.8 Å². The molecular formula is C23H22F6N2O6. The minimum atomic E-state index is -4.94. The monoisotopic (exact) mass is 536 g/mol. The van der Waals surface area contributed by atoms with E-state index in [1.807, 2.05) is 6.07 Å². The molecule has 2 aromatic heterocycles. The smallest absolute Gasteiger partial charge is 0.418 e. The maximum Gasteiger partial charge on any atom is 0.418 e. The third kappa shape index (κ3) is 7.36. The number of nitrogens with one attached hydrogen (secondary N) is 2. The Morgan fingerprint density at radius 1 is 0.811 bits per heavy atom. The maximum absolute atomic E-state index is 12.6. The molecule has 0 saturated heterocycles. The van der Waals surface area contributed by atoms with Gasteiger partial charge in [-0.2, -0.15) is 26.3 Å². The van der Waals surface area contributed by atoms with Crippen LogP contribution in [0.5, 0.6) is 11.5 Å². The Labute approximate surface area is 204 Å². The summed E-state index contributed by atoms with van der Waals surface area (Å²) < 4.78 is 79.2. The lowest BCUT2D eigenvalue weighted by Crippen LogP contribution is -2.27. The predicted octanol–water partition coefficient (Wildman–Crippen LogP) is 3.84. The Balaban J connectivity index is 0.000000281. The molecule has 0 bridgehead atoms. The van der Waals surface area contributed by atoms with Gasteiger partial charge in [0.05, 0.1) is 22.5 Å². The van der Waals surface area contributed by atoms with Gasteiger partial charge in [-0.15, -0.1) is 0 Å². The maximum atomic E-state index is 12.6. The van der Waals surface area contributed by atoms with E-state index >= 15 is 0 Å². The molecule has 202 valence electrons. The van der Waals surface area contributed by atoms with Gasteiger partial charge in [-0.05, 0) is 19.4 Å². The summed E-state index contributed by atoms with van der Waals surface area (Å²) in [5, 5.41) is 27.1. The molecule has 14 heteroatoms. The van der Waals surface area contributed by atoms with Crippen molar-refractivity contribution in [3.63, 3.8) is 0 Å². The standard InChI is InChI=1S/C15H14F3NO3.C8H8F3NO3/c1-9-13(22-8-10-5-3-2-4-6-10)12(20)11(7-19-9)14(21)15(16,17)18;1-3-5(13)6(14)4(2-12-3)7(15)8(9,10)11/h2-7,14,21H,8H2,1H3,(H,19,20);2,7,13,15H,1H3,(H,12,14). The van der Waals surface area contributed by atoms with E-state index in [0.29, 0.717) is 5.69 Å². The van der Waals surface area contributed by atoms with Crippen LogP contribution in [-0.2, 0) is 6.61 Å². The van der Waals surface area contributed by atoms with Crippen molar-refractivity contribution in [1.82, 2.24) is 9.97 Å². The van der Waals surface area contributed by atoms with E-state index in [2.05, 4.69) is 9.97 Å². The number of halogens is 6. The number of alkyl halides is 6. The summed E-state index contributed by atoms with van der Waals surface area (Å²) in [5.74, 6) is -1.06. The number of benzene rings is 1. The summed E-state index contributed by atoms with van der Waals surface area (Å²) in [5.41, 5.74) is -2.82. The van der Waals surface area contributed by atoms with Gasteiger partial charge in [0.15, 0.2) is 23.7 Å². The zero-order valence-corrected chi connectivity index (χ0v) is 19.2. The van der Waals surface area contributed by atoms with E-state index in [4.69, 9.17) is 14.9 Å². The van der Waals surface area contributed by atoms with Gasteiger partial charge in [-0.25, -0.2) is 0 Å². The van der Waals surface area contributed by atoms with E-state index in [9.17, 15) is 41.0 Å². The number of aromatic hydroxyl groups is 1. The first kappa shape index (κ1) is 29.5. The topological polar surface area (TPSA) is 136 Å². The first-order valence-corrected chi connectivity index (χ1v) is 10.3. The largest absolute Gasteiger partial charge is 0.503 e. The molecule has 0 amide bonds. The average molecular weight is 536 g/mol. The Morgan fingerprint density at radius 3 is 1.76 bits per heavy atom. The minimum Gasteiger partial charge on any atom is -0.503 e. The highest BCUT2D eigenvalue weighted by Gasteiger charge is 2.42. The van der Waals surface area contributed by atoms with Crippen molar-refractivity contribution in [3.05, 3.63) is 91.3 Å². The normalized spacial score (nSPS) is 13.4. The lowest BCUT2D eigenvalue weighted by molar-refractivity contribution is -0.207. The van der Waals surface area contributed by atoms with Crippen LogP contribution in [0.1, 0.15) is 40.3 Å². The molecule has 2 heterocycles. The number of ether oxygens (including phenoxy) is 1. The quantitative estimate of drug-likeness (QED) is 0.315. The molecule has 5 N–H and O–H groups in total. The van der Waals surface area contributed by atoms with E-state index in [1.54, 1.807) is 24.3 Å². The van der Waals surface area contributed by atoms with Gasteiger partial charge in [-0.3, -0.25) is 9.59 Å². The van der Waals surface area contributed by atoms with Gasteiger partial charge in [0.1, 0.15) is 6.61 Å². The molecule has 0 spiro atoms. The molecule has 37 heavy (non-hydrogen) atoms. The summed E-state index contributed by atoms with van der Waals surface area (Å²) >= 11 is 0. The second kappa shape index (κ2) is 11.5. The van der Waals surface area contributed by atoms with Crippen LogP contribution in [0.15, 0.2) is 52.3 Å². The van der Waals surface area contributed by atoms with Crippen molar-refractivity contribution < 1.29 is 46.4 Å². The molecule has 3 aromatic rings. The third-order valence-electron chi connectivity index (χ3n) is 4.97. The zero-order chi connectivity index (χ0) is 28.1. The van der Waals surface area contributed by atoms with Gasteiger partial charge >= 0.3 is 12.4 Å². The molecule has 0 aliphatic carbocycles. The van der Waals surface area contributed by atoms with E-state index in [-0.39, 0.29) is 18.1 Å². The predicted molar refractivity (Wildman–Crippen MR) is 118 cm³/mol.